The van der Waals surface area contributed by atoms with Crippen LogP contribution in [0.3, 0.4) is 0 Å². The van der Waals surface area contributed by atoms with Gasteiger partial charge in [-0.2, -0.15) is 0 Å². The minimum atomic E-state index is 0.642. The van der Waals surface area contributed by atoms with E-state index in [4.69, 9.17) is 0 Å². The Labute approximate surface area is 107 Å². The fraction of sp³-hybridized carbons (Fsp3) is 0.357. The van der Waals surface area contributed by atoms with Crippen molar-refractivity contribution in [2.24, 2.45) is 0 Å². The van der Waals surface area contributed by atoms with Crippen molar-refractivity contribution >= 4 is 17.0 Å². The van der Waals surface area contributed by atoms with Gasteiger partial charge in [0.15, 0.2) is 0 Å². The van der Waals surface area contributed by atoms with E-state index in [0.29, 0.717) is 5.92 Å². The van der Waals surface area contributed by atoms with Gasteiger partial charge in [-0.15, -0.1) is 11.3 Å². The lowest BCUT2D eigenvalue weighted by atomic mass is 9.99. The van der Waals surface area contributed by atoms with Crippen molar-refractivity contribution in [2.75, 3.05) is 5.32 Å². The second-order valence-corrected chi connectivity index (χ2v) is 5.19. The average Bonchev–Trinajstić information content (AvgIpc) is 2.89. The molecule has 3 heteroatoms. The molecular formula is C14H18N2S. The van der Waals surface area contributed by atoms with Crippen LogP contribution in [0.1, 0.15) is 36.8 Å². The summed E-state index contributed by atoms with van der Waals surface area (Å²) in [5.74, 6) is 0.642. The van der Waals surface area contributed by atoms with Gasteiger partial charge in [-0.05, 0) is 30.0 Å². The van der Waals surface area contributed by atoms with Gasteiger partial charge < -0.3 is 5.32 Å². The summed E-state index contributed by atoms with van der Waals surface area (Å²) in [5, 5.41) is 6.50. The highest BCUT2D eigenvalue weighted by Crippen LogP contribution is 2.20. The first-order chi connectivity index (χ1) is 8.29. The molecule has 1 aromatic heterocycles. The first kappa shape index (κ1) is 12.1. The van der Waals surface area contributed by atoms with Crippen LogP contribution in [0.5, 0.6) is 0 Å². The maximum atomic E-state index is 4.25. The Morgan fingerprint density at radius 3 is 2.65 bits per heavy atom. The smallest absolute Gasteiger partial charge is 0.112 e. The molecule has 0 saturated carbocycles. The summed E-state index contributed by atoms with van der Waals surface area (Å²) in [4.78, 5) is 4.25. The van der Waals surface area contributed by atoms with E-state index in [1.54, 1.807) is 11.3 Å². The number of hydrogen-bond acceptors (Lipinski definition) is 3. The molecule has 1 unspecified atom stereocenters. The molecule has 90 valence electrons. The Morgan fingerprint density at radius 2 is 2.06 bits per heavy atom. The molecule has 2 nitrogen and oxygen atoms in total. The second-order valence-electron chi connectivity index (χ2n) is 4.21. The molecule has 1 atom stereocenters. The third-order valence-corrected chi connectivity index (χ3v) is 3.80. The quantitative estimate of drug-likeness (QED) is 0.852. The molecule has 1 aromatic carbocycles. The SMILES string of the molecule is CCC(C)c1ccc(NCc2nccs2)cc1. The van der Waals surface area contributed by atoms with E-state index in [1.165, 1.54) is 12.0 Å². The summed E-state index contributed by atoms with van der Waals surface area (Å²) in [7, 11) is 0. The first-order valence-corrected chi connectivity index (χ1v) is 6.89. The Balaban J connectivity index is 1.94. The molecule has 1 heterocycles. The predicted molar refractivity (Wildman–Crippen MR) is 74.6 cm³/mol. The molecule has 0 aliphatic rings. The third-order valence-electron chi connectivity index (χ3n) is 3.02. The minimum Gasteiger partial charge on any atom is -0.379 e. The number of hydrogen-bond donors (Lipinski definition) is 1. The van der Waals surface area contributed by atoms with E-state index in [2.05, 4.69) is 48.4 Å². The van der Waals surface area contributed by atoms with Crippen LogP contribution in [0.15, 0.2) is 35.8 Å². The van der Waals surface area contributed by atoms with Gasteiger partial charge >= 0.3 is 0 Å². The number of nitrogens with one attached hydrogen (secondary N) is 1. The van der Waals surface area contributed by atoms with Crippen molar-refractivity contribution in [3.63, 3.8) is 0 Å². The minimum absolute atomic E-state index is 0.642. The van der Waals surface area contributed by atoms with Gasteiger partial charge in [0.2, 0.25) is 0 Å². The molecule has 17 heavy (non-hydrogen) atoms. The van der Waals surface area contributed by atoms with E-state index < -0.39 is 0 Å². The third kappa shape index (κ3) is 3.30. The lowest BCUT2D eigenvalue weighted by Gasteiger charge is -2.10. The maximum absolute atomic E-state index is 4.25. The van der Waals surface area contributed by atoms with Gasteiger partial charge in [-0.3, -0.25) is 0 Å². The summed E-state index contributed by atoms with van der Waals surface area (Å²) in [5.41, 5.74) is 2.57. The van der Waals surface area contributed by atoms with E-state index in [1.807, 2.05) is 11.6 Å². The van der Waals surface area contributed by atoms with Crippen LogP contribution < -0.4 is 5.32 Å². The summed E-state index contributed by atoms with van der Waals surface area (Å²) in [6, 6.07) is 8.71. The first-order valence-electron chi connectivity index (χ1n) is 6.01. The van der Waals surface area contributed by atoms with Crippen molar-refractivity contribution in [3.8, 4) is 0 Å². The molecule has 0 fully saturated rings. The summed E-state index contributed by atoms with van der Waals surface area (Å²) in [6.45, 7) is 5.29. The molecule has 0 spiro atoms. The number of rotatable bonds is 5. The maximum Gasteiger partial charge on any atom is 0.112 e. The lowest BCUT2D eigenvalue weighted by Crippen LogP contribution is -1.99. The van der Waals surface area contributed by atoms with Crippen LogP contribution in [0.2, 0.25) is 0 Å². The van der Waals surface area contributed by atoms with Gasteiger partial charge in [-0.25, -0.2) is 4.98 Å². The van der Waals surface area contributed by atoms with Crippen molar-refractivity contribution in [1.82, 2.24) is 4.98 Å². The number of aromatic nitrogens is 1. The fourth-order valence-electron chi connectivity index (χ4n) is 1.68. The predicted octanol–water partition coefficient (Wildman–Crippen LogP) is 4.27. The van der Waals surface area contributed by atoms with Crippen LogP contribution in [0.25, 0.3) is 0 Å². The summed E-state index contributed by atoms with van der Waals surface area (Å²) >= 11 is 1.68. The fourth-order valence-corrected chi connectivity index (χ4v) is 2.24. The van der Waals surface area contributed by atoms with Crippen molar-refractivity contribution < 1.29 is 0 Å². The van der Waals surface area contributed by atoms with Crippen molar-refractivity contribution in [3.05, 3.63) is 46.4 Å². The Bertz CT molecular complexity index is 434. The molecule has 1 N–H and O–H groups in total. The Kier molecular flexibility index (Phi) is 4.15. The molecule has 0 amide bonds. The monoisotopic (exact) mass is 246 g/mol. The molecule has 0 radical (unpaired) electrons. The van der Waals surface area contributed by atoms with Gasteiger partial charge in [0, 0.05) is 17.3 Å². The summed E-state index contributed by atoms with van der Waals surface area (Å²) < 4.78 is 0. The average molecular weight is 246 g/mol. The van der Waals surface area contributed by atoms with E-state index in [-0.39, 0.29) is 0 Å². The van der Waals surface area contributed by atoms with Crippen LogP contribution in [-0.4, -0.2) is 4.98 Å². The highest BCUT2D eigenvalue weighted by molar-refractivity contribution is 7.09. The van der Waals surface area contributed by atoms with Crippen LogP contribution in [-0.2, 0) is 6.54 Å². The number of thiazole rings is 1. The van der Waals surface area contributed by atoms with E-state index >= 15 is 0 Å². The van der Waals surface area contributed by atoms with Crippen molar-refractivity contribution in [2.45, 2.75) is 32.7 Å². The van der Waals surface area contributed by atoms with Crippen molar-refractivity contribution in [1.29, 1.82) is 0 Å². The zero-order valence-electron chi connectivity index (χ0n) is 10.3. The largest absolute Gasteiger partial charge is 0.379 e. The van der Waals surface area contributed by atoms with E-state index in [0.717, 1.165) is 17.2 Å². The molecular weight excluding hydrogens is 228 g/mol. The Morgan fingerprint density at radius 1 is 1.29 bits per heavy atom. The molecule has 0 aliphatic carbocycles. The topological polar surface area (TPSA) is 24.9 Å². The Hall–Kier alpha value is -1.35. The standard InChI is InChI=1S/C14H18N2S/c1-3-11(2)12-4-6-13(7-5-12)16-10-14-15-8-9-17-14/h4-9,11,16H,3,10H2,1-2H3. The van der Waals surface area contributed by atoms with Gasteiger partial charge in [0.25, 0.3) is 0 Å². The second kappa shape index (κ2) is 5.82. The van der Waals surface area contributed by atoms with Gasteiger partial charge in [-0.1, -0.05) is 26.0 Å². The zero-order chi connectivity index (χ0) is 12.1. The number of benzene rings is 1. The van der Waals surface area contributed by atoms with E-state index in [9.17, 15) is 0 Å². The van der Waals surface area contributed by atoms with Gasteiger partial charge in [0.05, 0.1) is 6.54 Å². The van der Waals surface area contributed by atoms with Crippen LogP contribution in [0.4, 0.5) is 5.69 Å². The number of anilines is 1. The molecule has 2 aromatic rings. The molecule has 0 bridgehead atoms. The van der Waals surface area contributed by atoms with Crippen LogP contribution in [0, 0.1) is 0 Å². The number of nitrogens with zero attached hydrogens (tertiary/aromatic N) is 1. The van der Waals surface area contributed by atoms with Gasteiger partial charge in [0.1, 0.15) is 5.01 Å². The zero-order valence-corrected chi connectivity index (χ0v) is 11.1. The van der Waals surface area contributed by atoms with Crippen LogP contribution >= 0.6 is 11.3 Å². The molecule has 0 aliphatic heterocycles. The summed E-state index contributed by atoms with van der Waals surface area (Å²) in [6.07, 6.45) is 3.03. The highest BCUT2D eigenvalue weighted by Gasteiger charge is 2.02. The molecule has 2 rings (SSSR count). The highest BCUT2D eigenvalue weighted by atomic mass is 32.1. The molecule has 0 saturated heterocycles. The normalized spacial score (nSPS) is 12.4. The lowest BCUT2D eigenvalue weighted by molar-refractivity contribution is 0.734.